The van der Waals surface area contributed by atoms with E-state index in [0.29, 0.717) is 23.5 Å². The Morgan fingerprint density at radius 3 is 2.67 bits per heavy atom. The van der Waals surface area contributed by atoms with E-state index in [1.807, 2.05) is 27.7 Å². The van der Waals surface area contributed by atoms with Gasteiger partial charge in [-0.2, -0.15) is 0 Å². The molecule has 1 aromatic carbocycles. The molecule has 1 atom stereocenters. The smallest absolute Gasteiger partial charge is 0.407 e. The summed E-state index contributed by atoms with van der Waals surface area (Å²) in [5, 5.41) is 25.5. The Labute approximate surface area is 176 Å². The Hall–Kier alpha value is -3.17. The first-order chi connectivity index (χ1) is 14.1. The van der Waals surface area contributed by atoms with E-state index in [-0.39, 0.29) is 11.7 Å². The summed E-state index contributed by atoms with van der Waals surface area (Å²) in [5.41, 5.74) is 1.11. The summed E-state index contributed by atoms with van der Waals surface area (Å²) in [6.07, 6.45) is 3.69. The number of benzene rings is 1. The maximum absolute atomic E-state index is 11.6. The highest BCUT2D eigenvalue weighted by atomic mass is 16.6. The number of anilines is 1. The third-order valence-corrected chi connectivity index (χ3v) is 4.24. The molecule has 0 unspecified atom stereocenters. The second-order valence-electron chi connectivity index (χ2n) is 8.20. The number of para-hydroxylation sites is 1. The Morgan fingerprint density at radius 1 is 1.33 bits per heavy atom. The minimum absolute atomic E-state index is 0.00315. The van der Waals surface area contributed by atoms with Crippen molar-refractivity contribution in [2.45, 2.75) is 58.6 Å². The van der Waals surface area contributed by atoms with E-state index in [2.05, 4.69) is 20.9 Å². The molecule has 2 aromatic rings. The van der Waals surface area contributed by atoms with Crippen LogP contribution in [0.15, 0.2) is 24.4 Å². The van der Waals surface area contributed by atoms with E-state index in [0.717, 1.165) is 19.3 Å². The van der Waals surface area contributed by atoms with Crippen LogP contribution in [-0.2, 0) is 11.8 Å². The molecule has 1 aromatic heterocycles. The van der Waals surface area contributed by atoms with E-state index >= 15 is 0 Å². The molecule has 1 amide bonds. The average molecular weight is 418 g/mol. The van der Waals surface area contributed by atoms with E-state index in [1.54, 1.807) is 30.1 Å². The van der Waals surface area contributed by atoms with Crippen LogP contribution in [0.4, 0.5) is 16.2 Å². The molecule has 30 heavy (non-hydrogen) atoms. The van der Waals surface area contributed by atoms with Crippen LogP contribution in [0.25, 0.3) is 11.3 Å². The van der Waals surface area contributed by atoms with E-state index < -0.39 is 16.6 Å². The zero-order chi connectivity index (χ0) is 22.3. The van der Waals surface area contributed by atoms with Gasteiger partial charge in [0.25, 0.3) is 5.69 Å². The van der Waals surface area contributed by atoms with Crippen LogP contribution in [0.3, 0.4) is 0 Å². The van der Waals surface area contributed by atoms with Gasteiger partial charge in [0.05, 0.1) is 11.1 Å². The Kier molecular flexibility index (Phi) is 7.73. The lowest BCUT2D eigenvalue weighted by Crippen LogP contribution is -2.33. The Balaban J connectivity index is 1.94. The largest absolute Gasteiger partial charge is 0.444 e. The topological polar surface area (TPSA) is 124 Å². The second kappa shape index (κ2) is 10.0. The number of ether oxygens (including phenoxy) is 1. The highest BCUT2D eigenvalue weighted by Crippen LogP contribution is 2.35. The molecular formula is C20H30N6O4. The van der Waals surface area contributed by atoms with Crippen LogP contribution in [0, 0.1) is 10.1 Å². The van der Waals surface area contributed by atoms with Crippen molar-refractivity contribution in [1.82, 2.24) is 20.3 Å². The monoisotopic (exact) mass is 418 g/mol. The molecular weight excluding hydrogens is 388 g/mol. The zero-order valence-corrected chi connectivity index (χ0v) is 18.1. The van der Waals surface area contributed by atoms with Crippen molar-refractivity contribution in [3.05, 3.63) is 34.5 Å². The van der Waals surface area contributed by atoms with Crippen molar-refractivity contribution in [2.24, 2.45) is 7.05 Å². The van der Waals surface area contributed by atoms with Crippen molar-refractivity contribution in [2.75, 3.05) is 11.9 Å². The number of hydrogen-bond donors (Lipinski definition) is 2. The minimum Gasteiger partial charge on any atom is -0.444 e. The molecule has 0 fully saturated rings. The molecule has 2 N–H and O–H groups in total. The summed E-state index contributed by atoms with van der Waals surface area (Å²) in [6.45, 7) is 7.93. The summed E-state index contributed by atoms with van der Waals surface area (Å²) in [7, 11) is 1.74. The van der Waals surface area contributed by atoms with E-state index in [9.17, 15) is 14.9 Å². The molecule has 0 aliphatic rings. The number of aryl methyl sites for hydroxylation is 1. The van der Waals surface area contributed by atoms with Gasteiger partial charge in [0.15, 0.2) is 0 Å². The number of nitrogens with one attached hydrogen (secondary N) is 2. The number of alkyl carbamates (subject to hydrolysis) is 1. The number of unbranched alkanes of at least 4 members (excludes halogenated alkanes) is 1. The zero-order valence-electron chi connectivity index (χ0n) is 18.1. The molecule has 164 valence electrons. The lowest BCUT2D eigenvalue weighted by Gasteiger charge is -2.20. The van der Waals surface area contributed by atoms with Crippen LogP contribution in [-0.4, -0.2) is 44.2 Å². The minimum atomic E-state index is -0.520. The van der Waals surface area contributed by atoms with Crippen LogP contribution >= 0.6 is 0 Å². The van der Waals surface area contributed by atoms with Crippen molar-refractivity contribution in [3.8, 4) is 11.3 Å². The third-order valence-electron chi connectivity index (χ3n) is 4.24. The number of nitro benzene ring substituents is 1. The fraction of sp³-hybridized carbons (Fsp3) is 0.550. The Bertz CT molecular complexity index is 874. The van der Waals surface area contributed by atoms with Gasteiger partial charge in [-0.3, -0.25) is 14.8 Å². The molecule has 0 aliphatic carbocycles. The van der Waals surface area contributed by atoms with Gasteiger partial charge in [-0.05, 0) is 47.0 Å². The number of carbonyl (C=O) groups is 1. The number of nitro groups is 1. The highest BCUT2D eigenvalue weighted by Gasteiger charge is 2.21. The molecule has 0 radical (unpaired) electrons. The molecule has 0 spiro atoms. The van der Waals surface area contributed by atoms with Crippen LogP contribution in [0.2, 0.25) is 0 Å². The standard InChI is InChI=1S/C20H30N6O4/c1-14(9-6-7-12-21-19(27)30-20(2,3)4)22-18-15(16-13-25(5)24-23-16)10-8-11-17(18)26(28)29/h8,10-11,13-14,22H,6-7,9,12H2,1-5H3,(H,21,27)/t14-/m1/s1. The quantitative estimate of drug-likeness (QED) is 0.360. The predicted molar refractivity (Wildman–Crippen MR) is 114 cm³/mol. The van der Waals surface area contributed by atoms with Gasteiger partial charge in [-0.25, -0.2) is 4.79 Å². The number of carbonyl (C=O) groups excluding carboxylic acids is 1. The number of aromatic nitrogens is 3. The van der Waals surface area contributed by atoms with Crippen molar-refractivity contribution in [1.29, 1.82) is 0 Å². The number of nitrogens with zero attached hydrogens (tertiary/aromatic N) is 4. The summed E-state index contributed by atoms with van der Waals surface area (Å²) < 4.78 is 6.75. The molecule has 0 saturated carbocycles. The lowest BCUT2D eigenvalue weighted by molar-refractivity contribution is -0.383. The number of hydrogen-bond acceptors (Lipinski definition) is 7. The SMILES string of the molecule is C[C@H](CCCCNC(=O)OC(C)(C)C)Nc1c(-c2cn(C)nn2)cccc1[N+](=O)[O-]. The average Bonchev–Trinajstić information content (AvgIpc) is 3.06. The van der Waals surface area contributed by atoms with Gasteiger partial charge in [-0.1, -0.05) is 17.3 Å². The van der Waals surface area contributed by atoms with Gasteiger partial charge in [0, 0.05) is 31.3 Å². The fourth-order valence-electron chi connectivity index (χ4n) is 2.93. The predicted octanol–water partition coefficient (Wildman–Crippen LogP) is 3.89. The molecule has 0 aliphatic heterocycles. The van der Waals surface area contributed by atoms with E-state index in [1.165, 1.54) is 6.07 Å². The molecule has 2 rings (SSSR count). The van der Waals surface area contributed by atoms with E-state index in [4.69, 9.17) is 4.74 Å². The first-order valence-electron chi connectivity index (χ1n) is 9.94. The normalized spacial score (nSPS) is 12.3. The van der Waals surface area contributed by atoms with Gasteiger partial charge in [-0.15, -0.1) is 5.10 Å². The maximum Gasteiger partial charge on any atom is 0.407 e. The fourth-order valence-corrected chi connectivity index (χ4v) is 2.93. The summed E-state index contributed by atoms with van der Waals surface area (Å²) in [6, 6.07) is 4.89. The van der Waals surface area contributed by atoms with Crippen LogP contribution in [0.5, 0.6) is 0 Å². The highest BCUT2D eigenvalue weighted by molar-refractivity contribution is 5.82. The van der Waals surface area contributed by atoms with Crippen molar-refractivity contribution >= 4 is 17.5 Å². The number of rotatable bonds is 9. The van der Waals surface area contributed by atoms with Crippen molar-refractivity contribution < 1.29 is 14.5 Å². The summed E-state index contributed by atoms with van der Waals surface area (Å²) in [5.74, 6) is 0. The van der Waals surface area contributed by atoms with Gasteiger partial charge in [0.1, 0.15) is 17.0 Å². The summed E-state index contributed by atoms with van der Waals surface area (Å²) >= 11 is 0. The first kappa shape index (κ1) is 23.1. The Morgan fingerprint density at radius 2 is 2.07 bits per heavy atom. The first-order valence-corrected chi connectivity index (χ1v) is 9.94. The molecule has 0 saturated heterocycles. The van der Waals surface area contributed by atoms with Gasteiger partial charge < -0.3 is 15.4 Å². The molecule has 10 heteroatoms. The maximum atomic E-state index is 11.6. The van der Waals surface area contributed by atoms with Crippen molar-refractivity contribution in [3.63, 3.8) is 0 Å². The summed E-state index contributed by atoms with van der Waals surface area (Å²) in [4.78, 5) is 22.8. The molecule has 10 nitrogen and oxygen atoms in total. The van der Waals surface area contributed by atoms with Crippen LogP contribution < -0.4 is 10.6 Å². The lowest BCUT2D eigenvalue weighted by atomic mass is 10.1. The molecule has 1 heterocycles. The van der Waals surface area contributed by atoms with Gasteiger partial charge in [0.2, 0.25) is 0 Å². The third kappa shape index (κ3) is 7.02. The van der Waals surface area contributed by atoms with Crippen LogP contribution in [0.1, 0.15) is 47.0 Å². The second-order valence-corrected chi connectivity index (χ2v) is 8.20. The van der Waals surface area contributed by atoms with Gasteiger partial charge >= 0.3 is 6.09 Å². The molecule has 0 bridgehead atoms. The number of amides is 1.